The Morgan fingerprint density at radius 3 is 2.31 bits per heavy atom. The Labute approximate surface area is 204 Å². The Morgan fingerprint density at radius 2 is 1.53 bits per heavy atom. The molecule has 0 spiro atoms. The Bertz CT molecular complexity index is 1130. The van der Waals surface area contributed by atoms with E-state index < -0.39 is 0 Å². The van der Waals surface area contributed by atoms with Crippen LogP contribution in [0.4, 0.5) is 4.79 Å². The van der Waals surface area contributed by atoms with Crippen molar-refractivity contribution in [1.82, 2.24) is 4.90 Å². The summed E-state index contributed by atoms with van der Waals surface area (Å²) in [5, 5.41) is -0.269. The first-order valence-corrected chi connectivity index (χ1v) is 11.9. The summed E-state index contributed by atoms with van der Waals surface area (Å²) in [6.07, 6.45) is 1.71. The van der Waals surface area contributed by atoms with Gasteiger partial charge in [0.15, 0.2) is 0 Å². The van der Waals surface area contributed by atoms with Gasteiger partial charge in [0.05, 0.1) is 11.4 Å². The first-order valence-electron chi connectivity index (χ1n) is 9.99. The Morgan fingerprint density at radius 1 is 0.844 bits per heavy atom. The molecule has 5 nitrogen and oxygen atoms in total. The number of para-hydroxylation sites is 2. The van der Waals surface area contributed by atoms with Gasteiger partial charge >= 0.3 is 0 Å². The van der Waals surface area contributed by atoms with E-state index in [0.29, 0.717) is 23.9 Å². The summed E-state index contributed by atoms with van der Waals surface area (Å²) in [6, 6.07) is 24.7. The number of imide groups is 1. The highest BCUT2D eigenvalue weighted by atomic mass is 127. The molecular formula is C25H20INO4S. The average molecular weight is 557 g/mol. The van der Waals surface area contributed by atoms with E-state index in [2.05, 4.69) is 22.6 Å². The van der Waals surface area contributed by atoms with Crippen LogP contribution < -0.4 is 9.47 Å². The second-order valence-electron chi connectivity index (χ2n) is 6.94. The molecule has 162 valence electrons. The van der Waals surface area contributed by atoms with Gasteiger partial charge in [-0.1, -0.05) is 48.5 Å². The second kappa shape index (κ2) is 10.7. The second-order valence-corrected chi connectivity index (χ2v) is 9.18. The van der Waals surface area contributed by atoms with Gasteiger partial charge in [-0.15, -0.1) is 0 Å². The quantitative estimate of drug-likeness (QED) is 0.194. The number of ether oxygens (including phenoxy) is 2. The number of amides is 2. The van der Waals surface area contributed by atoms with Crippen molar-refractivity contribution < 1.29 is 19.1 Å². The number of carbonyl (C=O) groups excluding carboxylic acids is 2. The molecule has 3 aromatic rings. The van der Waals surface area contributed by atoms with E-state index in [4.69, 9.17) is 9.47 Å². The number of carbonyl (C=O) groups is 2. The van der Waals surface area contributed by atoms with Crippen molar-refractivity contribution in [2.45, 2.75) is 6.54 Å². The summed E-state index contributed by atoms with van der Waals surface area (Å²) in [6.45, 7) is 1.01. The standard InChI is InChI=1S/C25H20INO4S/c26-20-12-10-18(11-13-20)17-27-24(28)23(32-25(27)29)16-19-6-4-5-9-22(19)31-15-14-30-21-7-2-1-3-8-21/h1-13,16H,14-15,17H2/b23-16+. The molecule has 0 saturated carbocycles. The zero-order valence-electron chi connectivity index (χ0n) is 17.1. The molecule has 0 aliphatic carbocycles. The van der Waals surface area contributed by atoms with Gasteiger partial charge in [0.2, 0.25) is 0 Å². The van der Waals surface area contributed by atoms with Crippen molar-refractivity contribution in [3.63, 3.8) is 0 Å². The number of rotatable bonds is 8. The van der Waals surface area contributed by atoms with Crippen LogP contribution in [0.2, 0.25) is 0 Å². The SMILES string of the molecule is O=C1S/C(=C/c2ccccc2OCCOc2ccccc2)C(=O)N1Cc1ccc(I)cc1. The highest BCUT2D eigenvalue weighted by molar-refractivity contribution is 14.1. The van der Waals surface area contributed by atoms with E-state index in [0.717, 1.165) is 32.2 Å². The predicted molar refractivity (Wildman–Crippen MR) is 135 cm³/mol. The fourth-order valence-corrected chi connectivity index (χ4v) is 4.30. The first-order chi connectivity index (χ1) is 15.6. The maximum Gasteiger partial charge on any atom is 0.293 e. The van der Waals surface area contributed by atoms with Crippen LogP contribution in [0.3, 0.4) is 0 Å². The summed E-state index contributed by atoms with van der Waals surface area (Å²) in [5.74, 6) is 1.13. The van der Waals surface area contributed by atoms with E-state index in [9.17, 15) is 9.59 Å². The minimum Gasteiger partial charge on any atom is -0.490 e. The summed E-state index contributed by atoms with van der Waals surface area (Å²) >= 11 is 3.17. The summed E-state index contributed by atoms with van der Waals surface area (Å²) < 4.78 is 12.6. The fraction of sp³-hybridized carbons (Fsp3) is 0.120. The number of benzene rings is 3. The average Bonchev–Trinajstić information content (AvgIpc) is 3.07. The Hall–Kier alpha value is -2.78. The van der Waals surface area contributed by atoms with Gasteiger partial charge in [-0.05, 0) is 76.3 Å². The Balaban J connectivity index is 1.41. The highest BCUT2D eigenvalue weighted by Crippen LogP contribution is 2.35. The molecule has 0 aromatic heterocycles. The van der Waals surface area contributed by atoms with E-state index in [1.54, 1.807) is 6.08 Å². The van der Waals surface area contributed by atoms with Crippen LogP contribution in [0.1, 0.15) is 11.1 Å². The van der Waals surface area contributed by atoms with Crippen LogP contribution in [0.5, 0.6) is 11.5 Å². The highest BCUT2D eigenvalue weighted by Gasteiger charge is 2.35. The van der Waals surface area contributed by atoms with Crippen molar-refractivity contribution in [1.29, 1.82) is 0 Å². The zero-order valence-corrected chi connectivity index (χ0v) is 20.0. The normalized spacial score (nSPS) is 14.8. The molecule has 0 unspecified atom stereocenters. The lowest BCUT2D eigenvalue weighted by Gasteiger charge is -2.12. The fourth-order valence-electron chi connectivity index (χ4n) is 3.11. The van der Waals surface area contributed by atoms with Crippen LogP contribution in [-0.2, 0) is 11.3 Å². The minimum atomic E-state index is -0.291. The van der Waals surface area contributed by atoms with Gasteiger partial charge in [-0.3, -0.25) is 14.5 Å². The third-order valence-electron chi connectivity index (χ3n) is 4.69. The molecule has 0 radical (unpaired) electrons. The van der Waals surface area contributed by atoms with Gasteiger partial charge in [-0.25, -0.2) is 0 Å². The predicted octanol–water partition coefficient (Wildman–Crippen LogP) is 5.99. The summed E-state index contributed by atoms with van der Waals surface area (Å²) in [4.78, 5) is 27.0. The van der Waals surface area contributed by atoms with Gasteiger partial charge in [0.1, 0.15) is 24.7 Å². The topological polar surface area (TPSA) is 55.8 Å². The van der Waals surface area contributed by atoms with Crippen molar-refractivity contribution in [3.05, 3.63) is 98.5 Å². The molecule has 3 aromatic carbocycles. The van der Waals surface area contributed by atoms with Crippen molar-refractivity contribution in [3.8, 4) is 11.5 Å². The monoisotopic (exact) mass is 557 g/mol. The van der Waals surface area contributed by atoms with Crippen molar-refractivity contribution in [2.75, 3.05) is 13.2 Å². The smallest absolute Gasteiger partial charge is 0.293 e. The van der Waals surface area contributed by atoms with E-state index >= 15 is 0 Å². The lowest BCUT2D eigenvalue weighted by atomic mass is 10.1. The van der Waals surface area contributed by atoms with E-state index in [1.807, 2.05) is 78.9 Å². The maximum absolute atomic E-state index is 12.9. The van der Waals surface area contributed by atoms with E-state index in [1.165, 1.54) is 4.90 Å². The largest absolute Gasteiger partial charge is 0.490 e. The molecule has 1 fully saturated rings. The lowest BCUT2D eigenvalue weighted by Crippen LogP contribution is -2.27. The molecule has 2 amide bonds. The molecule has 1 saturated heterocycles. The lowest BCUT2D eigenvalue weighted by molar-refractivity contribution is -0.123. The van der Waals surface area contributed by atoms with Gasteiger partial charge in [0, 0.05) is 9.13 Å². The number of hydrogen-bond donors (Lipinski definition) is 0. The number of halogens is 1. The van der Waals surface area contributed by atoms with Crippen LogP contribution in [-0.4, -0.2) is 29.3 Å². The maximum atomic E-state index is 12.9. The molecule has 1 aliphatic rings. The third kappa shape index (κ3) is 5.72. The number of nitrogens with zero attached hydrogens (tertiary/aromatic N) is 1. The molecule has 32 heavy (non-hydrogen) atoms. The van der Waals surface area contributed by atoms with Crippen LogP contribution >= 0.6 is 34.4 Å². The van der Waals surface area contributed by atoms with Crippen molar-refractivity contribution >= 4 is 51.6 Å². The third-order valence-corrected chi connectivity index (χ3v) is 6.31. The van der Waals surface area contributed by atoms with Crippen LogP contribution in [0.25, 0.3) is 6.08 Å². The van der Waals surface area contributed by atoms with Gasteiger partial charge < -0.3 is 9.47 Å². The molecule has 0 bridgehead atoms. The van der Waals surface area contributed by atoms with Crippen LogP contribution in [0.15, 0.2) is 83.8 Å². The van der Waals surface area contributed by atoms with Gasteiger partial charge in [-0.2, -0.15) is 0 Å². The van der Waals surface area contributed by atoms with Crippen LogP contribution in [0, 0.1) is 3.57 Å². The molecule has 1 heterocycles. The minimum absolute atomic E-state index is 0.258. The molecule has 0 atom stereocenters. The molecule has 4 rings (SSSR count). The van der Waals surface area contributed by atoms with E-state index in [-0.39, 0.29) is 17.7 Å². The van der Waals surface area contributed by atoms with Crippen molar-refractivity contribution in [2.24, 2.45) is 0 Å². The molecule has 0 N–H and O–H groups in total. The number of hydrogen-bond acceptors (Lipinski definition) is 5. The molecular weight excluding hydrogens is 537 g/mol. The Kier molecular flexibility index (Phi) is 7.49. The summed E-state index contributed by atoms with van der Waals surface area (Å²) in [7, 11) is 0. The summed E-state index contributed by atoms with van der Waals surface area (Å²) in [5.41, 5.74) is 1.66. The number of thioether (sulfide) groups is 1. The van der Waals surface area contributed by atoms with Gasteiger partial charge in [0.25, 0.3) is 11.1 Å². The first kappa shape index (κ1) is 22.4. The molecule has 7 heteroatoms. The molecule has 1 aliphatic heterocycles. The zero-order chi connectivity index (χ0) is 22.3.